The van der Waals surface area contributed by atoms with E-state index in [0.717, 1.165) is 21.6 Å². The van der Waals surface area contributed by atoms with E-state index in [0.29, 0.717) is 22.7 Å². The summed E-state index contributed by atoms with van der Waals surface area (Å²) in [5, 5.41) is 2.61. The molecule has 0 saturated carbocycles. The number of imide groups is 2. The van der Waals surface area contributed by atoms with E-state index in [4.69, 9.17) is 11.6 Å². The van der Waals surface area contributed by atoms with Gasteiger partial charge in [0.1, 0.15) is 11.4 Å². The molecule has 0 radical (unpaired) electrons. The second-order valence-electron chi connectivity index (χ2n) is 7.45. The number of barbiturate groups is 1. The van der Waals surface area contributed by atoms with Crippen molar-refractivity contribution in [2.75, 3.05) is 4.90 Å². The fraction of sp³-hybridized carbons (Fsp3) is 0.0800. The number of rotatable bonds is 4. The van der Waals surface area contributed by atoms with Gasteiger partial charge in [-0.2, -0.15) is 0 Å². The van der Waals surface area contributed by atoms with Gasteiger partial charge in [0.2, 0.25) is 0 Å². The molecule has 160 valence electrons. The molecule has 0 aromatic heterocycles. The molecule has 3 aromatic rings. The Kier molecular flexibility index (Phi) is 5.88. The Morgan fingerprint density at radius 1 is 1.00 bits per heavy atom. The van der Waals surface area contributed by atoms with Gasteiger partial charge < -0.3 is 0 Å². The molecule has 7 heteroatoms. The molecular weight excluding hydrogens is 431 g/mol. The van der Waals surface area contributed by atoms with Crippen molar-refractivity contribution in [3.8, 4) is 0 Å². The molecule has 1 N–H and O–H groups in total. The van der Waals surface area contributed by atoms with Crippen molar-refractivity contribution in [3.05, 3.63) is 105 Å². The maximum absolute atomic E-state index is 13.4. The van der Waals surface area contributed by atoms with Crippen LogP contribution >= 0.6 is 11.6 Å². The van der Waals surface area contributed by atoms with Crippen molar-refractivity contribution in [2.24, 2.45) is 0 Å². The first-order chi connectivity index (χ1) is 15.3. The highest BCUT2D eigenvalue weighted by Crippen LogP contribution is 2.25. The lowest BCUT2D eigenvalue weighted by molar-refractivity contribution is -0.122. The van der Waals surface area contributed by atoms with E-state index in [1.54, 1.807) is 54.6 Å². The van der Waals surface area contributed by atoms with Gasteiger partial charge in [-0.05, 0) is 66.4 Å². The van der Waals surface area contributed by atoms with E-state index in [1.165, 1.54) is 18.2 Å². The molecule has 1 fully saturated rings. The number of aryl methyl sites for hydroxylation is 1. The maximum atomic E-state index is 13.4. The minimum absolute atomic E-state index is 0.181. The highest BCUT2D eigenvalue weighted by molar-refractivity contribution is 6.39. The fourth-order valence-corrected chi connectivity index (χ4v) is 3.67. The predicted molar refractivity (Wildman–Crippen MR) is 121 cm³/mol. The number of nitrogens with one attached hydrogen (secondary N) is 1. The minimum Gasteiger partial charge on any atom is -0.273 e. The summed E-state index contributed by atoms with van der Waals surface area (Å²) in [6.45, 7) is 1.89. The van der Waals surface area contributed by atoms with Crippen molar-refractivity contribution in [1.29, 1.82) is 0 Å². The van der Waals surface area contributed by atoms with Crippen LogP contribution in [-0.2, 0) is 16.0 Å². The zero-order valence-corrected chi connectivity index (χ0v) is 17.8. The van der Waals surface area contributed by atoms with Crippen LogP contribution in [0.3, 0.4) is 0 Å². The Morgan fingerprint density at radius 3 is 2.44 bits per heavy atom. The van der Waals surface area contributed by atoms with Crippen molar-refractivity contribution in [3.63, 3.8) is 0 Å². The summed E-state index contributed by atoms with van der Waals surface area (Å²) >= 11 is 6.40. The number of anilines is 1. The Morgan fingerprint density at radius 2 is 1.75 bits per heavy atom. The van der Waals surface area contributed by atoms with Crippen molar-refractivity contribution in [1.82, 2.24) is 5.32 Å². The van der Waals surface area contributed by atoms with Crippen LogP contribution in [-0.4, -0.2) is 17.8 Å². The van der Waals surface area contributed by atoms with Gasteiger partial charge in [0.25, 0.3) is 11.8 Å². The summed E-state index contributed by atoms with van der Waals surface area (Å²) in [7, 11) is 0. The highest BCUT2D eigenvalue weighted by atomic mass is 35.5. The summed E-state index contributed by atoms with van der Waals surface area (Å²) in [4.78, 5) is 38.5. The molecule has 0 bridgehead atoms. The average Bonchev–Trinajstić information content (AvgIpc) is 2.74. The van der Waals surface area contributed by atoms with E-state index < -0.39 is 17.8 Å². The lowest BCUT2D eigenvalue weighted by Gasteiger charge is -2.26. The molecule has 0 atom stereocenters. The summed E-state index contributed by atoms with van der Waals surface area (Å²) < 4.78 is 13.4. The topological polar surface area (TPSA) is 66.5 Å². The van der Waals surface area contributed by atoms with Crippen LogP contribution in [0.15, 0.2) is 72.3 Å². The van der Waals surface area contributed by atoms with Crippen molar-refractivity contribution in [2.45, 2.75) is 13.3 Å². The monoisotopic (exact) mass is 448 g/mol. The summed E-state index contributed by atoms with van der Waals surface area (Å²) in [6.07, 6.45) is 1.83. The largest absolute Gasteiger partial charge is 0.335 e. The van der Waals surface area contributed by atoms with Crippen LogP contribution < -0.4 is 10.2 Å². The Hall–Kier alpha value is -3.77. The number of carbonyl (C=O) groups excluding carboxylic acids is 3. The van der Waals surface area contributed by atoms with Gasteiger partial charge in [-0.25, -0.2) is 14.1 Å². The van der Waals surface area contributed by atoms with Crippen LogP contribution in [0, 0.1) is 12.7 Å². The first-order valence-electron chi connectivity index (χ1n) is 9.83. The van der Waals surface area contributed by atoms with Crippen LogP contribution in [0.4, 0.5) is 14.9 Å². The number of nitrogens with zero attached hydrogens (tertiary/aromatic N) is 1. The SMILES string of the molecule is Cc1ccc(N2C(=O)NC(=O)/C(=C\c3ccc(Cc4cccc(F)c4)c(Cl)c3)C2=O)cc1. The summed E-state index contributed by atoms with van der Waals surface area (Å²) in [5.41, 5.74) is 3.22. The van der Waals surface area contributed by atoms with Crippen LogP contribution in [0.5, 0.6) is 0 Å². The normalized spacial score (nSPS) is 15.3. The minimum atomic E-state index is -0.801. The zero-order valence-electron chi connectivity index (χ0n) is 17.1. The van der Waals surface area contributed by atoms with Crippen molar-refractivity contribution >= 4 is 41.2 Å². The number of benzene rings is 3. The zero-order chi connectivity index (χ0) is 22.8. The van der Waals surface area contributed by atoms with E-state index in [1.807, 2.05) is 6.92 Å². The molecule has 32 heavy (non-hydrogen) atoms. The van der Waals surface area contributed by atoms with E-state index >= 15 is 0 Å². The average molecular weight is 449 g/mol. The Bertz CT molecular complexity index is 1270. The van der Waals surface area contributed by atoms with Gasteiger partial charge in [-0.3, -0.25) is 14.9 Å². The summed E-state index contributed by atoms with van der Waals surface area (Å²) in [6, 6.07) is 17.3. The van der Waals surface area contributed by atoms with Gasteiger partial charge in [0.05, 0.1) is 5.69 Å². The van der Waals surface area contributed by atoms with Crippen LogP contribution in [0.1, 0.15) is 22.3 Å². The van der Waals surface area contributed by atoms with Gasteiger partial charge >= 0.3 is 6.03 Å². The lowest BCUT2D eigenvalue weighted by Crippen LogP contribution is -2.54. The maximum Gasteiger partial charge on any atom is 0.335 e. The third-order valence-electron chi connectivity index (χ3n) is 5.07. The van der Waals surface area contributed by atoms with Gasteiger partial charge in [0.15, 0.2) is 0 Å². The molecule has 0 spiro atoms. The van der Waals surface area contributed by atoms with Gasteiger partial charge in [-0.1, -0.05) is 53.6 Å². The quantitative estimate of drug-likeness (QED) is 0.449. The van der Waals surface area contributed by atoms with Crippen LogP contribution in [0.25, 0.3) is 6.08 Å². The second kappa shape index (κ2) is 8.77. The molecule has 0 aliphatic carbocycles. The molecule has 3 aromatic carbocycles. The van der Waals surface area contributed by atoms with Gasteiger partial charge in [0, 0.05) is 5.02 Å². The standard InChI is InChI=1S/C25H18ClFN2O3/c1-15-5-9-20(10-6-15)29-24(31)21(23(30)28-25(29)32)13-17-7-8-18(22(26)14-17)11-16-3-2-4-19(27)12-16/h2-10,12-14H,11H2,1H3,(H,28,30,32)/b21-13+. The van der Waals surface area contributed by atoms with E-state index in [9.17, 15) is 18.8 Å². The fourth-order valence-electron chi connectivity index (χ4n) is 3.42. The molecule has 1 aliphatic rings. The summed E-state index contributed by atoms with van der Waals surface area (Å²) in [5.74, 6) is -1.82. The van der Waals surface area contributed by atoms with E-state index in [2.05, 4.69) is 5.32 Å². The molecular formula is C25H18ClFN2O3. The predicted octanol–water partition coefficient (Wildman–Crippen LogP) is 5.04. The molecule has 4 amide bonds. The van der Waals surface area contributed by atoms with Gasteiger partial charge in [-0.15, -0.1) is 0 Å². The van der Waals surface area contributed by atoms with Crippen molar-refractivity contribution < 1.29 is 18.8 Å². The highest BCUT2D eigenvalue weighted by Gasteiger charge is 2.36. The number of halogens is 2. The number of hydrogen-bond acceptors (Lipinski definition) is 3. The van der Waals surface area contributed by atoms with Crippen LogP contribution in [0.2, 0.25) is 5.02 Å². The number of amides is 4. The molecule has 1 saturated heterocycles. The lowest BCUT2D eigenvalue weighted by atomic mass is 10.0. The molecule has 0 unspecified atom stereocenters. The number of carbonyl (C=O) groups is 3. The molecule has 4 rings (SSSR count). The molecule has 5 nitrogen and oxygen atoms in total. The smallest absolute Gasteiger partial charge is 0.273 e. The van der Waals surface area contributed by atoms with E-state index in [-0.39, 0.29) is 11.4 Å². The third-order valence-corrected chi connectivity index (χ3v) is 5.42. The number of urea groups is 1. The number of hydrogen-bond donors (Lipinski definition) is 1. The molecule has 1 aliphatic heterocycles. The Balaban J connectivity index is 1.62. The second-order valence-corrected chi connectivity index (χ2v) is 7.86. The molecule has 1 heterocycles. The first-order valence-corrected chi connectivity index (χ1v) is 10.2. The first kappa shape index (κ1) is 21.5. The third kappa shape index (κ3) is 4.45. The Labute approximate surface area is 189 Å².